The first-order valence-corrected chi connectivity index (χ1v) is 8.12. The van der Waals surface area contributed by atoms with Gasteiger partial charge in [0.05, 0.1) is 0 Å². The minimum absolute atomic E-state index is 0.0303. The Morgan fingerprint density at radius 2 is 2.14 bits per heavy atom. The zero-order chi connectivity index (χ0) is 15.6. The first kappa shape index (κ1) is 15.0. The number of piperidine rings is 1. The third-order valence-electron chi connectivity index (χ3n) is 4.83. The largest absolute Gasteiger partial charge is 0.322 e. The number of rotatable bonds is 5. The highest BCUT2D eigenvalue weighted by molar-refractivity contribution is 5.82. The van der Waals surface area contributed by atoms with Crippen molar-refractivity contribution in [1.29, 1.82) is 0 Å². The molecule has 0 aromatic carbocycles. The Kier molecular flexibility index (Phi) is 4.14. The minimum Gasteiger partial charge on any atom is -0.322 e. The van der Waals surface area contributed by atoms with Crippen molar-refractivity contribution in [2.75, 3.05) is 13.1 Å². The molecule has 22 heavy (non-hydrogen) atoms. The number of hydrogen-bond donors (Lipinski definition) is 0. The van der Waals surface area contributed by atoms with Crippen molar-refractivity contribution >= 4 is 11.8 Å². The van der Waals surface area contributed by atoms with Crippen LogP contribution in [0, 0.1) is 12.3 Å². The van der Waals surface area contributed by atoms with Crippen molar-refractivity contribution in [3.8, 4) is 12.3 Å². The molecule has 0 aromatic rings. The Morgan fingerprint density at radius 1 is 1.32 bits per heavy atom. The molecule has 0 spiro atoms. The highest BCUT2D eigenvalue weighted by atomic mass is 16.2. The van der Waals surface area contributed by atoms with Crippen LogP contribution < -0.4 is 0 Å². The van der Waals surface area contributed by atoms with Crippen molar-refractivity contribution in [2.24, 2.45) is 10.2 Å². The SMILES string of the molecule is C#CCCC1(CCC(=O)N2CCC(=O)N3CCCCC32)N=N1. The quantitative estimate of drug-likeness (QED) is 0.728. The Morgan fingerprint density at radius 3 is 2.86 bits per heavy atom. The fourth-order valence-corrected chi connectivity index (χ4v) is 3.45. The summed E-state index contributed by atoms with van der Waals surface area (Å²) >= 11 is 0. The highest BCUT2D eigenvalue weighted by Crippen LogP contribution is 2.38. The van der Waals surface area contributed by atoms with Crippen LogP contribution in [0.1, 0.15) is 51.4 Å². The molecule has 3 heterocycles. The van der Waals surface area contributed by atoms with Crippen LogP contribution in [0.3, 0.4) is 0 Å². The Balaban J connectivity index is 1.55. The topological polar surface area (TPSA) is 65.3 Å². The third kappa shape index (κ3) is 2.99. The Labute approximate surface area is 130 Å². The van der Waals surface area contributed by atoms with E-state index in [9.17, 15) is 9.59 Å². The summed E-state index contributed by atoms with van der Waals surface area (Å²) in [4.78, 5) is 28.3. The van der Waals surface area contributed by atoms with Gasteiger partial charge >= 0.3 is 0 Å². The monoisotopic (exact) mass is 302 g/mol. The van der Waals surface area contributed by atoms with Gasteiger partial charge < -0.3 is 9.80 Å². The van der Waals surface area contributed by atoms with Gasteiger partial charge in [-0.25, -0.2) is 0 Å². The van der Waals surface area contributed by atoms with E-state index in [-0.39, 0.29) is 18.0 Å². The maximum Gasteiger partial charge on any atom is 0.225 e. The minimum atomic E-state index is -0.403. The lowest BCUT2D eigenvalue weighted by atomic mass is 9.99. The average Bonchev–Trinajstić information content (AvgIpc) is 3.32. The second-order valence-electron chi connectivity index (χ2n) is 6.29. The number of amides is 2. The number of hydrogen-bond acceptors (Lipinski definition) is 4. The van der Waals surface area contributed by atoms with E-state index in [4.69, 9.17) is 6.42 Å². The molecule has 0 bridgehead atoms. The predicted molar refractivity (Wildman–Crippen MR) is 80.6 cm³/mol. The summed E-state index contributed by atoms with van der Waals surface area (Å²) in [7, 11) is 0. The van der Waals surface area contributed by atoms with Gasteiger partial charge in [0.1, 0.15) is 6.17 Å². The van der Waals surface area contributed by atoms with Gasteiger partial charge in [0.15, 0.2) is 5.66 Å². The van der Waals surface area contributed by atoms with Crippen molar-refractivity contribution < 1.29 is 9.59 Å². The fourth-order valence-electron chi connectivity index (χ4n) is 3.45. The van der Waals surface area contributed by atoms with Crippen molar-refractivity contribution in [1.82, 2.24) is 9.80 Å². The van der Waals surface area contributed by atoms with E-state index in [2.05, 4.69) is 16.1 Å². The molecule has 6 heteroatoms. The first-order chi connectivity index (χ1) is 10.7. The average molecular weight is 302 g/mol. The van der Waals surface area contributed by atoms with Crippen LogP contribution in [0.5, 0.6) is 0 Å². The lowest BCUT2D eigenvalue weighted by molar-refractivity contribution is -0.156. The van der Waals surface area contributed by atoms with Gasteiger partial charge in [0.2, 0.25) is 11.8 Å². The van der Waals surface area contributed by atoms with Crippen LogP contribution in [-0.2, 0) is 9.59 Å². The molecule has 0 radical (unpaired) electrons. The van der Waals surface area contributed by atoms with E-state index in [0.717, 1.165) is 32.2 Å². The summed E-state index contributed by atoms with van der Waals surface area (Å²) in [5.74, 6) is 2.90. The van der Waals surface area contributed by atoms with Gasteiger partial charge in [0.25, 0.3) is 0 Å². The van der Waals surface area contributed by atoms with E-state index in [1.807, 2.05) is 9.80 Å². The van der Waals surface area contributed by atoms with E-state index in [1.54, 1.807) is 0 Å². The van der Waals surface area contributed by atoms with E-state index < -0.39 is 5.66 Å². The van der Waals surface area contributed by atoms with Gasteiger partial charge in [-0.05, 0) is 19.3 Å². The molecule has 2 saturated heterocycles. The van der Waals surface area contributed by atoms with Crippen LogP contribution >= 0.6 is 0 Å². The summed E-state index contributed by atoms with van der Waals surface area (Å²) in [6, 6.07) is 0. The van der Waals surface area contributed by atoms with Crippen LogP contribution in [0.15, 0.2) is 10.2 Å². The molecule has 0 saturated carbocycles. The second-order valence-corrected chi connectivity index (χ2v) is 6.29. The summed E-state index contributed by atoms with van der Waals surface area (Å²) in [6.07, 6.45) is 11.1. The second kappa shape index (κ2) is 6.07. The number of carbonyl (C=O) groups is 2. The van der Waals surface area contributed by atoms with Gasteiger partial charge in [-0.3, -0.25) is 9.59 Å². The number of fused-ring (bicyclic) bond motifs is 1. The molecule has 3 rings (SSSR count). The summed E-state index contributed by atoms with van der Waals surface area (Å²) in [5, 5.41) is 8.15. The Bertz CT molecular complexity index is 531. The summed E-state index contributed by atoms with van der Waals surface area (Å²) < 4.78 is 0. The number of carbonyl (C=O) groups excluding carboxylic acids is 2. The molecule has 1 atom stereocenters. The predicted octanol–water partition coefficient (Wildman–Crippen LogP) is 1.91. The van der Waals surface area contributed by atoms with Crippen LogP contribution in [0.4, 0.5) is 0 Å². The maximum atomic E-state index is 12.6. The molecular formula is C16H22N4O2. The van der Waals surface area contributed by atoms with Gasteiger partial charge in [0, 0.05) is 45.2 Å². The highest BCUT2D eigenvalue weighted by Gasteiger charge is 2.42. The first-order valence-electron chi connectivity index (χ1n) is 8.12. The smallest absolute Gasteiger partial charge is 0.225 e. The molecular weight excluding hydrogens is 280 g/mol. The van der Waals surface area contributed by atoms with Crippen molar-refractivity contribution in [3.63, 3.8) is 0 Å². The molecule has 0 N–H and O–H groups in total. The lowest BCUT2D eigenvalue weighted by Gasteiger charge is -2.46. The molecule has 118 valence electrons. The zero-order valence-electron chi connectivity index (χ0n) is 12.8. The molecule has 1 unspecified atom stereocenters. The standard InChI is InChI=1S/C16H22N4O2/c1-2-3-9-16(17-18-16)10-7-14(21)20-12-8-15(22)19-11-5-4-6-13(19)20/h1,13H,3-12H2. The molecule has 3 aliphatic heterocycles. The van der Waals surface area contributed by atoms with Crippen LogP contribution in [0.25, 0.3) is 0 Å². The maximum absolute atomic E-state index is 12.6. The lowest BCUT2D eigenvalue weighted by Crippen LogP contribution is -2.59. The fraction of sp³-hybridized carbons (Fsp3) is 0.750. The van der Waals surface area contributed by atoms with E-state index in [0.29, 0.717) is 32.2 Å². The van der Waals surface area contributed by atoms with Crippen molar-refractivity contribution in [3.05, 3.63) is 0 Å². The van der Waals surface area contributed by atoms with E-state index >= 15 is 0 Å². The van der Waals surface area contributed by atoms with Crippen LogP contribution in [-0.4, -0.2) is 46.5 Å². The van der Waals surface area contributed by atoms with Gasteiger partial charge in [-0.15, -0.1) is 12.3 Å². The molecule has 2 amide bonds. The van der Waals surface area contributed by atoms with Gasteiger partial charge in [-0.2, -0.15) is 10.2 Å². The molecule has 0 aromatic heterocycles. The van der Waals surface area contributed by atoms with E-state index in [1.165, 1.54) is 0 Å². The molecule has 2 fully saturated rings. The molecule has 3 aliphatic rings. The summed E-state index contributed by atoms with van der Waals surface area (Å²) in [5.41, 5.74) is -0.403. The number of terminal acetylenes is 1. The molecule has 0 aliphatic carbocycles. The zero-order valence-corrected chi connectivity index (χ0v) is 12.8. The summed E-state index contributed by atoms with van der Waals surface area (Å²) in [6.45, 7) is 1.33. The van der Waals surface area contributed by atoms with Crippen molar-refractivity contribution in [2.45, 2.75) is 63.2 Å². The normalized spacial score (nSPS) is 25.6. The Hall–Kier alpha value is -1.90. The number of nitrogens with zero attached hydrogens (tertiary/aromatic N) is 4. The molecule has 6 nitrogen and oxygen atoms in total. The third-order valence-corrected chi connectivity index (χ3v) is 4.83. The van der Waals surface area contributed by atoms with Crippen LogP contribution in [0.2, 0.25) is 0 Å². The van der Waals surface area contributed by atoms with Gasteiger partial charge in [-0.1, -0.05) is 0 Å².